The molecule has 0 saturated heterocycles. The van der Waals surface area contributed by atoms with Gasteiger partial charge in [0, 0.05) is 31.6 Å². The van der Waals surface area contributed by atoms with Crippen LogP contribution in [0.15, 0.2) is 30.3 Å². The van der Waals surface area contributed by atoms with Crippen LogP contribution in [0.25, 0.3) is 0 Å². The Kier molecular flexibility index (Phi) is 5.73. The molecule has 0 amide bonds. The van der Waals surface area contributed by atoms with Crippen LogP contribution in [0.5, 0.6) is 0 Å². The van der Waals surface area contributed by atoms with E-state index in [0.717, 1.165) is 12.2 Å². The molecule has 96 valence electrons. The van der Waals surface area contributed by atoms with Gasteiger partial charge in [-0.05, 0) is 12.1 Å². The molecule has 0 spiro atoms. The predicted molar refractivity (Wildman–Crippen MR) is 74.4 cm³/mol. The molecule has 0 aliphatic heterocycles. The summed E-state index contributed by atoms with van der Waals surface area (Å²) in [5, 5.41) is 0. The largest absolute Gasteiger partial charge is 0.372 e. The summed E-state index contributed by atoms with van der Waals surface area (Å²) < 4.78 is 17.6. The SMILES string of the molecule is CCP(=O)(CC)OCCN(C)c1ccccc1. The Morgan fingerprint density at radius 3 is 2.29 bits per heavy atom. The third kappa shape index (κ3) is 4.53. The van der Waals surface area contributed by atoms with Crippen LogP contribution >= 0.6 is 7.37 Å². The number of benzene rings is 1. The van der Waals surface area contributed by atoms with Crippen molar-refractivity contribution >= 4 is 13.1 Å². The number of anilines is 1. The molecule has 0 N–H and O–H groups in total. The zero-order valence-electron chi connectivity index (χ0n) is 10.9. The number of nitrogens with zero attached hydrogens (tertiary/aromatic N) is 1. The summed E-state index contributed by atoms with van der Waals surface area (Å²) in [5.74, 6) is 0. The molecule has 1 aromatic carbocycles. The highest BCUT2D eigenvalue weighted by atomic mass is 31.2. The molecule has 1 aromatic rings. The first-order valence-corrected chi connectivity index (χ1v) is 8.09. The number of rotatable bonds is 7. The molecule has 0 heterocycles. The monoisotopic (exact) mass is 255 g/mol. The highest BCUT2D eigenvalue weighted by molar-refractivity contribution is 7.58. The quantitative estimate of drug-likeness (QED) is 0.699. The number of likely N-dealkylation sites (N-methyl/N-ethyl adjacent to an activating group) is 1. The van der Waals surface area contributed by atoms with E-state index in [1.165, 1.54) is 0 Å². The Labute approximate surface area is 104 Å². The number of para-hydroxylation sites is 1. The summed E-state index contributed by atoms with van der Waals surface area (Å²) in [6.07, 6.45) is 1.25. The summed E-state index contributed by atoms with van der Waals surface area (Å²) in [4.78, 5) is 2.11. The summed E-state index contributed by atoms with van der Waals surface area (Å²) in [5.41, 5.74) is 1.15. The van der Waals surface area contributed by atoms with Gasteiger partial charge in [0.25, 0.3) is 0 Å². The molecule has 4 heteroatoms. The van der Waals surface area contributed by atoms with Gasteiger partial charge in [0.1, 0.15) is 0 Å². The smallest absolute Gasteiger partial charge is 0.202 e. The van der Waals surface area contributed by atoms with E-state index in [0.29, 0.717) is 18.9 Å². The van der Waals surface area contributed by atoms with Crippen molar-refractivity contribution in [1.29, 1.82) is 0 Å². The summed E-state index contributed by atoms with van der Waals surface area (Å²) in [6.45, 7) is 5.12. The first-order valence-electron chi connectivity index (χ1n) is 6.10. The van der Waals surface area contributed by atoms with E-state index in [9.17, 15) is 4.57 Å². The lowest BCUT2D eigenvalue weighted by Gasteiger charge is -2.21. The van der Waals surface area contributed by atoms with Gasteiger partial charge in [-0.1, -0.05) is 32.0 Å². The van der Waals surface area contributed by atoms with Crippen LogP contribution in [-0.4, -0.2) is 32.5 Å². The fourth-order valence-electron chi connectivity index (χ4n) is 1.56. The molecule has 0 atom stereocenters. The molecule has 0 fully saturated rings. The van der Waals surface area contributed by atoms with E-state index in [-0.39, 0.29) is 0 Å². The molecule has 0 bridgehead atoms. The van der Waals surface area contributed by atoms with Crippen LogP contribution in [-0.2, 0) is 9.09 Å². The molecule has 17 heavy (non-hydrogen) atoms. The van der Waals surface area contributed by atoms with E-state index >= 15 is 0 Å². The van der Waals surface area contributed by atoms with Gasteiger partial charge in [-0.25, -0.2) is 0 Å². The van der Waals surface area contributed by atoms with Gasteiger partial charge in [-0.15, -0.1) is 0 Å². The highest BCUT2D eigenvalue weighted by Gasteiger charge is 2.17. The van der Waals surface area contributed by atoms with Crippen molar-refractivity contribution in [1.82, 2.24) is 0 Å². The van der Waals surface area contributed by atoms with Gasteiger partial charge in [0.05, 0.1) is 6.61 Å². The maximum atomic E-state index is 12.0. The van der Waals surface area contributed by atoms with E-state index in [1.54, 1.807) is 0 Å². The molecule has 0 aromatic heterocycles. The van der Waals surface area contributed by atoms with E-state index in [4.69, 9.17) is 4.52 Å². The van der Waals surface area contributed by atoms with Gasteiger partial charge in [0.15, 0.2) is 0 Å². The lowest BCUT2D eigenvalue weighted by molar-refractivity contribution is 0.322. The normalized spacial score (nSPS) is 11.5. The van der Waals surface area contributed by atoms with Crippen molar-refractivity contribution in [3.05, 3.63) is 30.3 Å². The summed E-state index contributed by atoms with van der Waals surface area (Å²) in [6, 6.07) is 10.1. The standard InChI is InChI=1S/C13H22NO2P/c1-4-17(15,5-2)16-12-11-14(3)13-9-7-6-8-10-13/h6-10H,4-5,11-12H2,1-3H3. The molecule has 3 nitrogen and oxygen atoms in total. The average Bonchev–Trinajstić information content (AvgIpc) is 2.39. The van der Waals surface area contributed by atoms with Crippen molar-refractivity contribution < 1.29 is 9.09 Å². The molecule has 0 radical (unpaired) electrons. The van der Waals surface area contributed by atoms with Crippen LogP contribution < -0.4 is 4.90 Å². The Bertz CT molecular complexity index is 359. The lowest BCUT2D eigenvalue weighted by atomic mass is 10.3. The molecule has 0 unspecified atom stereocenters. The minimum Gasteiger partial charge on any atom is -0.372 e. The molecule has 0 aliphatic rings. The van der Waals surface area contributed by atoms with E-state index < -0.39 is 7.37 Å². The summed E-state index contributed by atoms with van der Waals surface area (Å²) >= 11 is 0. The second-order valence-corrected chi connectivity index (χ2v) is 7.19. The van der Waals surface area contributed by atoms with Gasteiger partial charge in [0.2, 0.25) is 7.37 Å². The Morgan fingerprint density at radius 2 is 1.76 bits per heavy atom. The van der Waals surface area contributed by atoms with Gasteiger partial charge in [-0.3, -0.25) is 4.57 Å². The molecule has 0 aliphatic carbocycles. The summed E-state index contributed by atoms with van der Waals surface area (Å²) in [7, 11) is -0.340. The van der Waals surface area contributed by atoms with Crippen LogP contribution in [0.3, 0.4) is 0 Å². The highest BCUT2D eigenvalue weighted by Crippen LogP contribution is 2.45. The predicted octanol–water partition coefficient (Wildman–Crippen LogP) is 3.46. The maximum Gasteiger partial charge on any atom is 0.202 e. The maximum absolute atomic E-state index is 12.0. The second-order valence-electron chi connectivity index (χ2n) is 4.04. The zero-order chi connectivity index (χ0) is 12.7. The van der Waals surface area contributed by atoms with Crippen molar-refractivity contribution in [2.75, 3.05) is 37.4 Å². The minimum absolute atomic E-state index is 0.518. The van der Waals surface area contributed by atoms with Gasteiger partial charge in [-0.2, -0.15) is 0 Å². The number of hydrogen-bond acceptors (Lipinski definition) is 3. The second kappa shape index (κ2) is 6.83. The zero-order valence-corrected chi connectivity index (χ0v) is 11.8. The first-order chi connectivity index (χ1) is 8.11. The number of hydrogen-bond donors (Lipinski definition) is 0. The van der Waals surface area contributed by atoms with Crippen molar-refractivity contribution in [3.63, 3.8) is 0 Å². The van der Waals surface area contributed by atoms with Crippen molar-refractivity contribution in [2.45, 2.75) is 13.8 Å². The fraction of sp³-hybridized carbons (Fsp3) is 0.538. The third-order valence-electron chi connectivity index (χ3n) is 2.91. The van der Waals surface area contributed by atoms with E-state index in [2.05, 4.69) is 17.0 Å². The molecular formula is C13H22NO2P. The molecule has 0 saturated carbocycles. The molecular weight excluding hydrogens is 233 g/mol. The first kappa shape index (κ1) is 14.3. The average molecular weight is 255 g/mol. The van der Waals surface area contributed by atoms with Crippen molar-refractivity contribution in [3.8, 4) is 0 Å². The van der Waals surface area contributed by atoms with Gasteiger partial charge < -0.3 is 9.42 Å². The Balaban J connectivity index is 2.39. The Morgan fingerprint density at radius 1 is 1.18 bits per heavy atom. The van der Waals surface area contributed by atoms with Gasteiger partial charge >= 0.3 is 0 Å². The van der Waals surface area contributed by atoms with Crippen LogP contribution in [0, 0.1) is 0 Å². The van der Waals surface area contributed by atoms with Crippen molar-refractivity contribution in [2.24, 2.45) is 0 Å². The fourth-order valence-corrected chi connectivity index (χ4v) is 2.79. The van der Waals surface area contributed by atoms with E-state index in [1.807, 2.05) is 39.1 Å². The molecule has 1 rings (SSSR count). The lowest BCUT2D eigenvalue weighted by Crippen LogP contribution is -2.22. The van der Waals surface area contributed by atoms with Crippen LogP contribution in [0.2, 0.25) is 0 Å². The third-order valence-corrected chi connectivity index (χ3v) is 5.49. The topological polar surface area (TPSA) is 29.5 Å². The minimum atomic E-state index is -2.36. The van der Waals surface area contributed by atoms with Crippen LogP contribution in [0.4, 0.5) is 5.69 Å². The Hall–Kier alpha value is -0.790. The van der Waals surface area contributed by atoms with Crippen LogP contribution in [0.1, 0.15) is 13.8 Å².